The van der Waals surface area contributed by atoms with E-state index in [9.17, 15) is 0 Å². The van der Waals surface area contributed by atoms with E-state index in [2.05, 4.69) is 40.8 Å². The van der Waals surface area contributed by atoms with Crippen LogP contribution in [0.4, 0.5) is 0 Å². The lowest BCUT2D eigenvalue weighted by Crippen LogP contribution is -2.51. The van der Waals surface area contributed by atoms with Gasteiger partial charge in [-0.3, -0.25) is 4.99 Å². The molecule has 0 radical (unpaired) electrons. The van der Waals surface area contributed by atoms with Crippen molar-refractivity contribution in [2.24, 2.45) is 10.9 Å². The normalized spacial score (nSPS) is 24.2. The van der Waals surface area contributed by atoms with E-state index < -0.39 is 0 Å². The minimum absolute atomic E-state index is 0. The number of thioether (sulfide) groups is 1. The zero-order chi connectivity index (χ0) is 12.3. The quantitative estimate of drug-likeness (QED) is 0.452. The maximum Gasteiger partial charge on any atom is 0.193 e. The Hall–Kier alpha value is 0.350. The molecular weight excluding hydrogens is 357 g/mol. The molecule has 1 N–H and O–H groups in total. The number of aliphatic imine (C=N–C) groups is 1. The molecule has 2 rings (SSSR count). The molecule has 0 aromatic heterocycles. The molecule has 1 saturated carbocycles. The van der Waals surface area contributed by atoms with Crippen LogP contribution in [0, 0.1) is 5.92 Å². The van der Waals surface area contributed by atoms with Gasteiger partial charge in [0.25, 0.3) is 0 Å². The van der Waals surface area contributed by atoms with Crippen LogP contribution >= 0.6 is 35.7 Å². The standard InChI is InChI=1S/C13H25N3S.HI/c1-13(2)10-16(7-8-17-13)12(14-3)15-9-11-5-4-6-11;/h11H,4-10H2,1-3H3,(H,14,15);1H. The van der Waals surface area contributed by atoms with Gasteiger partial charge in [0.1, 0.15) is 0 Å². The average Bonchev–Trinajstić information content (AvgIpc) is 2.20. The van der Waals surface area contributed by atoms with Crippen LogP contribution in [-0.2, 0) is 0 Å². The van der Waals surface area contributed by atoms with E-state index in [1.165, 1.54) is 25.0 Å². The molecule has 5 heteroatoms. The first-order valence-corrected chi connectivity index (χ1v) is 7.69. The van der Waals surface area contributed by atoms with Crippen LogP contribution in [0.25, 0.3) is 0 Å². The van der Waals surface area contributed by atoms with Crippen molar-refractivity contribution in [2.75, 3.05) is 32.4 Å². The van der Waals surface area contributed by atoms with Gasteiger partial charge in [0, 0.05) is 37.2 Å². The van der Waals surface area contributed by atoms with Crippen LogP contribution in [0.3, 0.4) is 0 Å². The van der Waals surface area contributed by atoms with Crippen LogP contribution in [0.2, 0.25) is 0 Å². The van der Waals surface area contributed by atoms with Crippen molar-refractivity contribution in [2.45, 2.75) is 37.9 Å². The molecule has 0 unspecified atom stereocenters. The molecule has 0 atom stereocenters. The van der Waals surface area contributed by atoms with Crippen molar-refractivity contribution in [3.63, 3.8) is 0 Å². The monoisotopic (exact) mass is 383 g/mol. The first-order chi connectivity index (χ1) is 8.11. The van der Waals surface area contributed by atoms with Gasteiger partial charge >= 0.3 is 0 Å². The van der Waals surface area contributed by atoms with E-state index in [0.717, 1.165) is 31.5 Å². The Labute approximate surface area is 133 Å². The number of hydrogen-bond donors (Lipinski definition) is 1. The van der Waals surface area contributed by atoms with E-state index in [1.54, 1.807) is 0 Å². The second kappa shape index (κ2) is 7.22. The molecule has 1 heterocycles. The van der Waals surface area contributed by atoms with Gasteiger partial charge in [0.05, 0.1) is 0 Å². The molecule has 18 heavy (non-hydrogen) atoms. The van der Waals surface area contributed by atoms with Gasteiger partial charge in [-0.25, -0.2) is 0 Å². The predicted molar refractivity (Wildman–Crippen MR) is 92.2 cm³/mol. The molecule has 0 spiro atoms. The molecule has 3 nitrogen and oxygen atoms in total. The molecular formula is C13H26IN3S. The number of rotatable bonds is 2. The Balaban J connectivity index is 0.00000162. The molecule has 1 aliphatic carbocycles. The van der Waals surface area contributed by atoms with Crippen molar-refractivity contribution in [3.05, 3.63) is 0 Å². The number of hydrogen-bond acceptors (Lipinski definition) is 2. The van der Waals surface area contributed by atoms with Gasteiger partial charge in [0.15, 0.2) is 5.96 Å². The van der Waals surface area contributed by atoms with Crippen LogP contribution in [-0.4, -0.2) is 48.0 Å². The highest BCUT2D eigenvalue weighted by atomic mass is 127. The Morgan fingerprint density at radius 3 is 2.67 bits per heavy atom. The number of nitrogens with one attached hydrogen (secondary N) is 1. The molecule has 1 saturated heterocycles. The van der Waals surface area contributed by atoms with Gasteiger partial charge in [-0.2, -0.15) is 11.8 Å². The minimum atomic E-state index is 0. The molecule has 0 aromatic carbocycles. The van der Waals surface area contributed by atoms with E-state index >= 15 is 0 Å². The summed E-state index contributed by atoms with van der Waals surface area (Å²) in [5.41, 5.74) is 0. The summed E-state index contributed by atoms with van der Waals surface area (Å²) < 4.78 is 0.354. The van der Waals surface area contributed by atoms with Crippen LogP contribution in [0.15, 0.2) is 4.99 Å². The molecule has 106 valence electrons. The second-order valence-electron chi connectivity index (χ2n) is 5.75. The molecule has 0 aromatic rings. The van der Waals surface area contributed by atoms with E-state index in [0.29, 0.717) is 4.75 Å². The molecule has 2 aliphatic rings. The van der Waals surface area contributed by atoms with Crippen LogP contribution in [0.5, 0.6) is 0 Å². The summed E-state index contributed by atoms with van der Waals surface area (Å²) in [6.45, 7) is 7.98. The Bertz CT molecular complexity index is 290. The Morgan fingerprint density at radius 2 is 2.17 bits per heavy atom. The van der Waals surface area contributed by atoms with Gasteiger partial charge < -0.3 is 10.2 Å². The third kappa shape index (κ3) is 4.47. The second-order valence-corrected chi connectivity index (χ2v) is 7.56. The maximum atomic E-state index is 4.43. The SMILES string of the molecule is CN=C(NCC1CCC1)N1CCSC(C)(C)C1.I. The maximum absolute atomic E-state index is 4.43. The fourth-order valence-electron chi connectivity index (χ4n) is 2.46. The van der Waals surface area contributed by atoms with Crippen molar-refractivity contribution < 1.29 is 0 Å². The predicted octanol–water partition coefficient (Wildman–Crippen LogP) is 2.81. The van der Waals surface area contributed by atoms with Crippen molar-refractivity contribution in [1.29, 1.82) is 0 Å². The largest absolute Gasteiger partial charge is 0.356 e. The Kier molecular flexibility index (Phi) is 6.58. The number of halogens is 1. The fraction of sp³-hybridized carbons (Fsp3) is 0.923. The summed E-state index contributed by atoms with van der Waals surface area (Å²) >= 11 is 2.07. The minimum Gasteiger partial charge on any atom is -0.356 e. The third-order valence-electron chi connectivity index (χ3n) is 3.71. The van der Waals surface area contributed by atoms with Crippen LogP contribution in [0.1, 0.15) is 33.1 Å². The van der Waals surface area contributed by atoms with Gasteiger partial charge in [0.2, 0.25) is 0 Å². The topological polar surface area (TPSA) is 27.6 Å². The van der Waals surface area contributed by atoms with E-state index in [4.69, 9.17) is 0 Å². The third-order valence-corrected chi connectivity index (χ3v) is 5.01. The van der Waals surface area contributed by atoms with Gasteiger partial charge in [-0.05, 0) is 32.6 Å². The van der Waals surface area contributed by atoms with E-state index in [1.807, 2.05) is 7.05 Å². The molecule has 0 bridgehead atoms. The average molecular weight is 383 g/mol. The highest BCUT2D eigenvalue weighted by Gasteiger charge is 2.29. The highest BCUT2D eigenvalue weighted by molar-refractivity contribution is 14.0. The summed E-state index contributed by atoms with van der Waals surface area (Å²) in [5, 5.41) is 3.55. The molecule has 1 aliphatic heterocycles. The smallest absolute Gasteiger partial charge is 0.193 e. The number of guanidine groups is 1. The Morgan fingerprint density at radius 1 is 1.44 bits per heavy atom. The van der Waals surface area contributed by atoms with Crippen molar-refractivity contribution in [3.8, 4) is 0 Å². The summed E-state index contributed by atoms with van der Waals surface area (Å²) in [6.07, 6.45) is 4.20. The number of nitrogens with zero attached hydrogens (tertiary/aromatic N) is 2. The molecule has 0 amide bonds. The first kappa shape index (κ1) is 16.4. The fourth-order valence-corrected chi connectivity index (χ4v) is 3.57. The summed E-state index contributed by atoms with van der Waals surface area (Å²) in [4.78, 5) is 6.84. The zero-order valence-electron chi connectivity index (χ0n) is 11.7. The van der Waals surface area contributed by atoms with E-state index in [-0.39, 0.29) is 24.0 Å². The summed E-state index contributed by atoms with van der Waals surface area (Å²) in [7, 11) is 1.90. The lowest BCUT2D eigenvalue weighted by atomic mass is 9.85. The van der Waals surface area contributed by atoms with Gasteiger partial charge in [-0.15, -0.1) is 24.0 Å². The van der Waals surface area contributed by atoms with Gasteiger partial charge in [-0.1, -0.05) is 6.42 Å². The van der Waals surface area contributed by atoms with Crippen LogP contribution < -0.4 is 5.32 Å². The van der Waals surface area contributed by atoms with Crippen molar-refractivity contribution in [1.82, 2.24) is 10.2 Å². The lowest BCUT2D eigenvalue weighted by Gasteiger charge is -2.39. The highest BCUT2D eigenvalue weighted by Crippen LogP contribution is 2.29. The lowest BCUT2D eigenvalue weighted by molar-refractivity contribution is 0.305. The summed E-state index contributed by atoms with van der Waals surface area (Å²) in [6, 6.07) is 0. The zero-order valence-corrected chi connectivity index (χ0v) is 14.9. The summed E-state index contributed by atoms with van der Waals surface area (Å²) in [5.74, 6) is 3.20. The van der Waals surface area contributed by atoms with Crippen molar-refractivity contribution >= 4 is 41.7 Å². The first-order valence-electron chi connectivity index (χ1n) is 6.70. The molecule has 2 fully saturated rings.